The highest BCUT2D eigenvalue weighted by atomic mass is 16.5. The van der Waals surface area contributed by atoms with Gasteiger partial charge in [0.1, 0.15) is 0 Å². The van der Waals surface area contributed by atoms with Crippen LogP contribution in [0, 0.1) is 0 Å². The van der Waals surface area contributed by atoms with Gasteiger partial charge in [0.25, 0.3) is 0 Å². The normalized spacial score (nSPS) is 10.7. The average molecular weight is 343 g/mol. The molecule has 3 aromatic rings. The first-order valence-electron chi connectivity index (χ1n) is 8.63. The molecule has 0 atom stereocenters. The van der Waals surface area contributed by atoms with Crippen molar-refractivity contribution in [2.75, 3.05) is 11.5 Å². The first-order chi connectivity index (χ1) is 12.8. The smallest absolute Gasteiger partial charge is 0.330 e. The van der Waals surface area contributed by atoms with Crippen molar-refractivity contribution in [2.24, 2.45) is 0 Å². The summed E-state index contributed by atoms with van der Waals surface area (Å²) >= 11 is 0. The van der Waals surface area contributed by atoms with Crippen molar-refractivity contribution in [3.63, 3.8) is 0 Å². The van der Waals surface area contributed by atoms with E-state index in [-0.39, 0.29) is 5.97 Å². The van der Waals surface area contributed by atoms with Crippen molar-refractivity contribution in [1.82, 2.24) is 0 Å². The average Bonchev–Trinajstić information content (AvgIpc) is 2.69. The van der Waals surface area contributed by atoms with Crippen molar-refractivity contribution in [2.45, 2.75) is 6.92 Å². The maximum Gasteiger partial charge on any atom is 0.330 e. The number of ether oxygens (including phenoxy) is 1. The molecule has 3 aromatic carbocycles. The van der Waals surface area contributed by atoms with E-state index in [1.54, 1.807) is 13.0 Å². The summed E-state index contributed by atoms with van der Waals surface area (Å²) in [4.78, 5) is 13.6. The molecule has 0 bridgehead atoms. The van der Waals surface area contributed by atoms with Crippen molar-refractivity contribution in [3.8, 4) is 0 Å². The molecular weight excluding hydrogens is 322 g/mol. The van der Waals surface area contributed by atoms with E-state index in [1.165, 1.54) is 6.08 Å². The lowest BCUT2D eigenvalue weighted by molar-refractivity contribution is -0.137. The van der Waals surface area contributed by atoms with Gasteiger partial charge < -0.3 is 9.64 Å². The standard InChI is InChI=1S/C23H21NO2/c1-2-26-23(25)18-15-19-13-16-22(17-14-19)24(20-9-5-3-6-10-20)21-11-7-4-8-12-21/h3-18H,2H2,1H3. The van der Waals surface area contributed by atoms with Gasteiger partial charge in [0.2, 0.25) is 0 Å². The minimum absolute atomic E-state index is 0.327. The van der Waals surface area contributed by atoms with E-state index in [0.29, 0.717) is 6.61 Å². The molecule has 0 heterocycles. The third-order valence-corrected chi connectivity index (χ3v) is 3.88. The lowest BCUT2D eigenvalue weighted by Crippen LogP contribution is -2.09. The van der Waals surface area contributed by atoms with Gasteiger partial charge in [-0.2, -0.15) is 0 Å². The first-order valence-corrected chi connectivity index (χ1v) is 8.63. The van der Waals surface area contributed by atoms with E-state index < -0.39 is 0 Å². The van der Waals surface area contributed by atoms with E-state index in [1.807, 2.05) is 60.7 Å². The molecule has 0 aliphatic rings. The van der Waals surface area contributed by atoms with E-state index in [2.05, 4.69) is 29.2 Å². The van der Waals surface area contributed by atoms with Gasteiger partial charge in [-0.25, -0.2) is 4.79 Å². The van der Waals surface area contributed by atoms with Crippen LogP contribution in [0.2, 0.25) is 0 Å². The maximum atomic E-state index is 11.4. The molecule has 0 fully saturated rings. The molecule has 3 rings (SSSR count). The summed E-state index contributed by atoms with van der Waals surface area (Å²) in [5.41, 5.74) is 4.18. The summed E-state index contributed by atoms with van der Waals surface area (Å²) in [7, 11) is 0. The number of para-hydroxylation sites is 2. The quantitative estimate of drug-likeness (QED) is 0.423. The van der Waals surface area contributed by atoms with Crippen LogP contribution in [0.3, 0.4) is 0 Å². The van der Waals surface area contributed by atoms with Crippen molar-refractivity contribution in [1.29, 1.82) is 0 Å². The highest BCUT2D eigenvalue weighted by Gasteiger charge is 2.11. The Kier molecular flexibility index (Phi) is 5.84. The number of anilines is 3. The summed E-state index contributed by atoms with van der Waals surface area (Å²) < 4.78 is 4.91. The largest absolute Gasteiger partial charge is 0.463 e. The predicted molar refractivity (Wildman–Crippen MR) is 107 cm³/mol. The van der Waals surface area contributed by atoms with E-state index in [4.69, 9.17) is 4.74 Å². The van der Waals surface area contributed by atoms with Gasteiger partial charge in [-0.15, -0.1) is 0 Å². The van der Waals surface area contributed by atoms with Crippen LogP contribution in [0.1, 0.15) is 12.5 Å². The maximum absolute atomic E-state index is 11.4. The summed E-state index contributed by atoms with van der Waals surface area (Å²) in [6, 6.07) is 28.6. The third-order valence-electron chi connectivity index (χ3n) is 3.88. The van der Waals surface area contributed by atoms with E-state index >= 15 is 0 Å². The van der Waals surface area contributed by atoms with Crippen LogP contribution >= 0.6 is 0 Å². The molecule has 0 aliphatic carbocycles. The third kappa shape index (κ3) is 4.39. The Labute approximate surface area is 154 Å². The van der Waals surface area contributed by atoms with Gasteiger partial charge >= 0.3 is 5.97 Å². The second kappa shape index (κ2) is 8.67. The lowest BCUT2D eigenvalue weighted by Gasteiger charge is -2.25. The molecule has 130 valence electrons. The fraction of sp³-hybridized carbons (Fsp3) is 0.0870. The zero-order chi connectivity index (χ0) is 18.2. The molecule has 0 unspecified atom stereocenters. The van der Waals surface area contributed by atoms with Gasteiger partial charge in [-0.1, -0.05) is 48.5 Å². The summed E-state index contributed by atoms with van der Waals surface area (Å²) in [6.45, 7) is 2.17. The number of carbonyl (C=O) groups is 1. The van der Waals surface area contributed by atoms with Gasteiger partial charge in [-0.05, 0) is 55.0 Å². The molecule has 0 aromatic heterocycles. The number of hydrogen-bond donors (Lipinski definition) is 0. The van der Waals surface area contributed by atoms with Crippen LogP contribution in [0.15, 0.2) is 91.0 Å². The van der Waals surface area contributed by atoms with Crippen molar-refractivity contribution in [3.05, 3.63) is 96.6 Å². The Bertz CT molecular complexity index is 816. The number of benzene rings is 3. The van der Waals surface area contributed by atoms with Gasteiger partial charge in [0, 0.05) is 23.1 Å². The number of esters is 1. The molecule has 0 radical (unpaired) electrons. The van der Waals surface area contributed by atoms with E-state index in [9.17, 15) is 4.79 Å². The molecule has 3 nitrogen and oxygen atoms in total. The van der Waals surface area contributed by atoms with Crippen LogP contribution in [-0.4, -0.2) is 12.6 Å². The molecule has 0 N–H and O–H groups in total. The molecule has 0 saturated heterocycles. The lowest BCUT2D eigenvalue weighted by atomic mass is 10.1. The number of nitrogens with zero attached hydrogens (tertiary/aromatic N) is 1. The summed E-state index contributed by atoms with van der Waals surface area (Å²) in [5, 5.41) is 0. The molecule has 0 aliphatic heterocycles. The van der Waals surface area contributed by atoms with Gasteiger partial charge in [-0.3, -0.25) is 0 Å². The number of rotatable bonds is 6. The first kappa shape index (κ1) is 17.5. The zero-order valence-electron chi connectivity index (χ0n) is 14.7. The Morgan fingerprint density at radius 1 is 0.808 bits per heavy atom. The van der Waals surface area contributed by atoms with Crippen LogP contribution in [-0.2, 0) is 9.53 Å². The van der Waals surface area contributed by atoms with Crippen LogP contribution in [0.25, 0.3) is 6.08 Å². The molecule has 0 spiro atoms. The highest BCUT2D eigenvalue weighted by molar-refractivity contribution is 5.87. The molecular formula is C23H21NO2. The fourth-order valence-corrected chi connectivity index (χ4v) is 2.69. The molecule has 3 heteroatoms. The van der Waals surface area contributed by atoms with Crippen molar-refractivity contribution >= 4 is 29.1 Å². The highest BCUT2D eigenvalue weighted by Crippen LogP contribution is 2.34. The topological polar surface area (TPSA) is 29.5 Å². The molecule has 26 heavy (non-hydrogen) atoms. The van der Waals surface area contributed by atoms with Crippen molar-refractivity contribution < 1.29 is 9.53 Å². The second-order valence-electron chi connectivity index (χ2n) is 5.68. The number of carbonyl (C=O) groups excluding carboxylic acids is 1. The Morgan fingerprint density at radius 2 is 1.31 bits per heavy atom. The molecule has 0 saturated carbocycles. The van der Waals surface area contributed by atoms with Crippen LogP contribution in [0.5, 0.6) is 0 Å². The zero-order valence-corrected chi connectivity index (χ0v) is 14.7. The fourth-order valence-electron chi connectivity index (χ4n) is 2.69. The Morgan fingerprint density at radius 3 is 1.81 bits per heavy atom. The SMILES string of the molecule is CCOC(=O)C=Cc1ccc(N(c2ccccc2)c2ccccc2)cc1. The van der Waals surface area contributed by atoms with Gasteiger partial charge in [0.05, 0.1) is 6.61 Å². The monoisotopic (exact) mass is 343 g/mol. The number of hydrogen-bond acceptors (Lipinski definition) is 3. The summed E-state index contributed by atoms with van der Waals surface area (Å²) in [5.74, 6) is -0.327. The predicted octanol–water partition coefficient (Wildman–Crippen LogP) is 5.73. The van der Waals surface area contributed by atoms with Gasteiger partial charge in [0.15, 0.2) is 0 Å². The van der Waals surface area contributed by atoms with Crippen LogP contribution in [0.4, 0.5) is 17.1 Å². The Balaban J connectivity index is 1.89. The summed E-state index contributed by atoms with van der Waals surface area (Å²) in [6.07, 6.45) is 3.21. The minimum atomic E-state index is -0.327. The molecule has 0 amide bonds. The Hall–Kier alpha value is -3.33. The van der Waals surface area contributed by atoms with Crippen LogP contribution < -0.4 is 4.90 Å². The minimum Gasteiger partial charge on any atom is -0.463 e. The second-order valence-corrected chi connectivity index (χ2v) is 5.68. The van der Waals surface area contributed by atoms with E-state index in [0.717, 1.165) is 22.6 Å².